The lowest BCUT2D eigenvalue weighted by atomic mass is 9.86. The molecule has 0 bridgehead atoms. The number of rotatable bonds is 3. The maximum Gasteiger partial charge on any atom is 0.273 e. The molecule has 1 amide bonds. The van der Waals surface area contributed by atoms with E-state index in [0.29, 0.717) is 17.7 Å². The third-order valence-corrected chi connectivity index (χ3v) is 6.13. The van der Waals surface area contributed by atoms with E-state index in [1.807, 2.05) is 4.90 Å². The highest BCUT2D eigenvalue weighted by Gasteiger charge is 2.32. The third kappa shape index (κ3) is 4.00. The number of thioether (sulfide) groups is 1. The number of carbonyl (C=O) groups is 1. The van der Waals surface area contributed by atoms with Gasteiger partial charge in [-0.1, -0.05) is 51.1 Å². The Balaban J connectivity index is 1.87. The van der Waals surface area contributed by atoms with Crippen LogP contribution in [0.15, 0.2) is 42.5 Å². The first-order valence-electron chi connectivity index (χ1n) is 8.96. The maximum absolute atomic E-state index is 13.0. The van der Waals surface area contributed by atoms with Gasteiger partial charge in [-0.2, -0.15) is 0 Å². The number of amides is 1. The molecule has 0 saturated carbocycles. The van der Waals surface area contributed by atoms with Crippen LogP contribution in [-0.4, -0.2) is 28.0 Å². The highest BCUT2D eigenvalue weighted by atomic mass is 32.2. The normalized spacial score (nSPS) is 17.2. The SMILES string of the molecule is Cc1ccc(C(=O)N2CCSC2c2ccc(C(C)(C)C)cc2)cc1[N+](=O)[O-]. The molecule has 2 aromatic carbocycles. The molecule has 0 N–H and O–H groups in total. The van der Waals surface area contributed by atoms with E-state index in [0.717, 1.165) is 11.3 Å². The van der Waals surface area contributed by atoms with Crippen molar-refractivity contribution in [3.63, 3.8) is 0 Å². The molecule has 0 aliphatic carbocycles. The fraction of sp³-hybridized carbons (Fsp3) is 0.381. The van der Waals surface area contributed by atoms with Gasteiger partial charge < -0.3 is 4.90 Å². The molecule has 0 radical (unpaired) electrons. The molecule has 0 spiro atoms. The van der Waals surface area contributed by atoms with Gasteiger partial charge in [-0.15, -0.1) is 11.8 Å². The maximum atomic E-state index is 13.0. The van der Waals surface area contributed by atoms with Gasteiger partial charge in [0, 0.05) is 29.5 Å². The van der Waals surface area contributed by atoms with Crippen molar-refractivity contribution in [2.45, 2.75) is 38.5 Å². The average molecular weight is 385 g/mol. The summed E-state index contributed by atoms with van der Waals surface area (Å²) in [6, 6.07) is 13.1. The number of nitrogens with zero attached hydrogens (tertiary/aromatic N) is 2. The molecule has 3 rings (SSSR count). The lowest BCUT2D eigenvalue weighted by Crippen LogP contribution is -2.30. The quantitative estimate of drug-likeness (QED) is 0.546. The Hall–Kier alpha value is -2.34. The molecule has 1 aliphatic rings. The van der Waals surface area contributed by atoms with Crippen molar-refractivity contribution in [2.24, 2.45) is 0 Å². The van der Waals surface area contributed by atoms with E-state index in [2.05, 4.69) is 45.0 Å². The van der Waals surface area contributed by atoms with Gasteiger partial charge in [0.15, 0.2) is 0 Å². The van der Waals surface area contributed by atoms with Crippen LogP contribution in [0.3, 0.4) is 0 Å². The summed E-state index contributed by atoms with van der Waals surface area (Å²) in [5.41, 5.74) is 3.32. The Morgan fingerprint density at radius 2 is 1.85 bits per heavy atom. The molecule has 27 heavy (non-hydrogen) atoms. The molecule has 2 aromatic rings. The Labute approximate surface area is 163 Å². The van der Waals surface area contributed by atoms with Crippen LogP contribution in [0, 0.1) is 17.0 Å². The zero-order chi connectivity index (χ0) is 19.8. The molecule has 0 aromatic heterocycles. The standard InChI is InChI=1S/C21H24N2O3S/c1-14-5-6-16(13-18(14)23(25)26)19(24)22-11-12-27-20(22)15-7-9-17(10-8-15)21(2,3)4/h5-10,13,20H,11-12H2,1-4H3. The van der Waals surface area contributed by atoms with E-state index in [4.69, 9.17) is 0 Å². The Morgan fingerprint density at radius 1 is 1.19 bits per heavy atom. The van der Waals surface area contributed by atoms with E-state index in [1.54, 1.807) is 30.8 Å². The number of hydrogen-bond acceptors (Lipinski definition) is 4. The van der Waals surface area contributed by atoms with Crippen LogP contribution in [0.4, 0.5) is 5.69 Å². The molecule has 1 aliphatic heterocycles. The Kier molecular flexibility index (Phi) is 5.29. The van der Waals surface area contributed by atoms with Gasteiger partial charge in [0.05, 0.1) is 4.92 Å². The van der Waals surface area contributed by atoms with Gasteiger partial charge in [-0.3, -0.25) is 14.9 Å². The monoisotopic (exact) mass is 384 g/mol. The van der Waals surface area contributed by atoms with E-state index < -0.39 is 4.92 Å². The summed E-state index contributed by atoms with van der Waals surface area (Å²) in [7, 11) is 0. The number of hydrogen-bond donors (Lipinski definition) is 0. The second-order valence-corrected chi connectivity index (χ2v) is 9.04. The summed E-state index contributed by atoms with van der Waals surface area (Å²) >= 11 is 1.72. The number of carbonyl (C=O) groups excluding carboxylic acids is 1. The molecule has 1 fully saturated rings. The summed E-state index contributed by atoms with van der Waals surface area (Å²) < 4.78 is 0. The van der Waals surface area contributed by atoms with Crippen molar-refractivity contribution in [3.05, 3.63) is 74.8 Å². The van der Waals surface area contributed by atoms with E-state index in [9.17, 15) is 14.9 Å². The molecule has 1 saturated heterocycles. The van der Waals surface area contributed by atoms with Crippen LogP contribution in [-0.2, 0) is 5.41 Å². The minimum atomic E-state index is -0.437. The second kappa shape index (κ2) is 7.35. The topological polar surface area (TPSA) is 63.5 Å². The fourth-order valence-electron chi connectivity index (χ4n) is 3.21. The van der Waals surface area contributed by atoms with Crippen molar-refractivity contribution in [3.8, 4) is 0 Å². The van der Waals surface area contributed by atoms with E-state index in [1.165, 1.54) is 11.6 Å². The second-order valence-electron chi connectivity index (χ2n) is 7.85. The van der Waals surface area contributed by atoms with Crippen LogP contribution in [0.25, 0.3) is 0 Å². The fourth-order valence-corrected chi connectivity index (χ4v) is 4.46. The summed E-state index contributed by atoms with van der Waals surface area (Å²) in [5, 5.41) is 11.1. The summed E-state index contributed by atoms with van der Waals surface area (Å²) in [6.07, 6.45) is 0. The number of benzene rings is 2. The first-order chi connectivity index (χ1) is 12.7. The smallest absolute Gasteiger partial charge is 0.273 e. The number of aryl methyl sites for hydroxylation is 1. The molecular formula is C21H24N2O3S. The molecular weight excluding hydrogens is 360 g/mol. The summed E-state index contributed by atoms with van der Waals surface area (Å²) in [5.74, 6) is 0.693. The van der Waals surface area contributed by atoms with Crippen molar-refractivity contribution >= 4 is 23.4 Å². The van der Waals surface area contributed by atoms with Crippen LogP contribution in [0.2, 0.25) is 0 Å². The van der Waals surface area contributed by atoms with E-state index >= 15 is 0 Å². The van der Waals surface area contributed by atoms with Gasteiger partial charge in [0.2, 0.25) is 0 Å². The van der Waals surface area contributed by atoms with Crippen molar-refractivity contribution in [2.75, 3.05) is 12.3 Å². The number of nitro groups is 1. The zero-order valence-electron chi connectivity index (χ0n) is 16.1. The highest BCUT2D eigenvalue weighted by molar-refractivity contribution is 7.99. The lowest BCUT2D eigenvalue weighted by molar-refractivity contribution is -0.385. The molecule has 6 heteroatoms. The van der Waals surface area contributed by atoms with Crippen molar-refractivity contribution in [1.29, 1.82) is 0 Å². The van der Waals surface area contributed by atoms with E-state index in [-0.39, 0.29) is 22.4 Å². The first-order valence-corrected chi connectivity index (χ1v) is 10.0. The minimum absolute atomic E-state index is 0.0150. The van der Waals surface area contributed by atoms with Crippen molar-refractivity contribution in [1.82, 2.24) is 4.90 Å². The number of nitro benzene ring substituents is 1. The average Bonchev–Trinajstić information content (AvgIpc) is 3.10. The minimum Gasteiger partial charge on any atom is -0.322 e. The summed E-state index contributed by atoms with van der Waals surface area (Å²) in [4.78, 5) is 25.6. The van der Waals surface area contributed by atoms with Gasteiger partial charge in [0.25, 0.3) is 11.6 Å². The van der Waals surface area contributed by atoms with Crippen LogP contribution in [0.5, 0.6) is 0 Å². The molecule has 1 heterocycles. The van der Waals surface area contributed by atoms with Gasteiger partial charge in [0.1, 0.15) is 5.37 Å². The molecule has 5 nitrogen and oxygen atoms in total. The Bertz CT molecular complexity index is 872. The molecule has 1 atom stereocenters. The van der Waals surface area contributed by atoms with Crippen LogP contribution < -0.4 is 0 Å². The van der Waals surface area contributed by atoms with Crippen LogP contribution in [0.1, 0.15) is 53.2 Å². The van der Waals surface area contributed by atoms with Gasteiger partial charge >= 0.3 is 0 Å². The Morgan fingerprint density at radius 3 is 2.44 bits per heavy atom. The zero-order valence-corrected chi connectivity index (χ0v) is 16.9. The van der Waals surface area contributed by atoms with Crippen molar-refractivity contribution < 1.29 is 9.72 Å². The van der Waals surface area contributed by atoms with Crippen LogP contribution >= 0.6 is 11.8 Å². The predicted molar refractivity (Wildman–Crippen MR) is 109 cm³/mol. The molecule has 142 valence electrons. The lowest BCUT2D eigenvalue weighted by Gasteiger charge is -2.25. The first kappa shape index (κ1) is 19.4. The predicted octanol–water partition coefficient (Wildman–Crippen LogP) is 5.09. The highest BCUT2D eigenvalue weighted by Crippen LogP contribution is 2.39. The largest absolute Gasteiger partial charge is 0.322 e. The summed E-state index contributed by atoms with van der Waals surface area (Å²) in [6.45, 7) is 8.83. The molecule has 1 unspecified atom stereocenters. The van der Waals surface area contributed by atoms with Gasteiger partial charge in [-0.05, 0) is 29.5 Å². The third-order valence-electron chi connectivity index (χ3n) is 4.87. The van der Waals surface area contributed by atoms with Gasteiger partial charge in [-0.25, -0.2) is 0 Å².